The highest BCUT2D eigenvalue weighted by Gasteiger charge is 2.20. The normalized spacial score (nSPS) is 14.5. The van der Waals surface area contributed by atoms with Crippen LogP contribution in [0.4, 0.5) is 0 Å². The Morgan fingerprint density at radius 3 is 2.80 bits per heavy atom. The van der Waals surface area contributed by atoms with E-state index in [2.05, 4.69) is 42.7 Å². The quantitative estimate of drug-likeness (QED) is 0.672. The molecule has 0 spiro atoms. The van der Waals surface area contributed by atoms with Gasteiger partial charge >= 0.3 is 0 Å². The zero-order valence-corrected chi connectivity index (χ0v) is 9.50. The predicted octanol–water partition coefficient (Wildman–Crippen LogP) is 3.66. The molecule has 1 aromatic carbocycles. The molecular formula is C14H19N. The number of nitrogens with zero attached hydrogens (tertiary/aromatic N) is 1. The molecule has 0 radical (unpaired) electrons. The maximum absolute atomic E-state index is 4.18. The van der Waals surface area contributed by atoms with Gasteiger partial charge in [-0.3, -0.25) is 0 Å². The van der Waals surface area contributed by atoms with Crippen molar-refractivity contribution in [3.8, 4) is 0 Å². The van der Waals surface area contributed by atoms with E-state index < -0.39 is 0 Å². The molecule has 1 heteroatoms. The molecule has 0 bridgehead atoms. The summed E-state index contributed by atoms with van der Waals surface area (Å²) in [4.78, 5) is 2.40. The maximum Gasteiger partial charge on any atom is 0.0436 e. The fraction of sp³-hybridized carbons (Fsp3) is 0.429. The molecular weight excluding hydrogens is 182 g/mol. The van der Waals surface area contributed by atoms with E-state index in [4.69, 9.17) is 0 Å². The van der Waals surface area contributed by atoms with Gasteiger partial charge in [-0.05, 0) is 12.0 Å². The van der Waals surface area contributed by atoms with Gasteiger partial charge in [0.05, 0.1) is 0 Å². The Morgan fingerprint density at radius 2 is 2.07 bits per heavy atom. The van der Waals surface area contributed by atoms with Crippen LogP contribution < -0.4 is 0 Å². The van der Waals surface area contributed by atoms with Crippen LogP contribution in [0.2, 0.25) is 0 Å². The van der Waals surface area contributed by atoms with Crippen LogP contribution in [0.5, 0.6) is 0 Å². The van der Waals surface area contributed by atoms with Crippen molar-refractivity contribution in [1.82, 2.24) is 4.90 Å². The van der Waals surface area contributed by atoms with Crippen molar-refractivity contribution in [2.24, 2.45) is 0 Å². The highest BCUT2D eigenvalue weighted by atomic mass is 15.1. The van der Waals surface area contributed by atoms with Crippen LogP contribution >= 0.6 is 0 Å². The van der Waals surface area contributed by atoms with Gasteiger partial charge in [-0.15, -0.1) is 0 Å². The first kappa shape index (κ1) is 10.3. The molecule has 0 fully saturated rings. The number of hydrogen-bond acceptors (Lipinski definition) is 1. The van der Waals surface area contributed by atoms with Crippen LogP contribution in [0.1, 0.15) is 37.3 Å². The van der Waals surface area contributed by atoms with Gasteiger partial charge in [-0.2, -0.15) is 0 Å². The second-order valence-corrected chi connectivity index (χ2v) is 4.23. The van der Waals surface area contributed by atoms with Gasteiger partial charge in [0.15, 0.2) is 0 Å². The summed E-state index contributed by atoms with van der Waals surface area (Å²) < 4.78 is 0. The lowest BCUT2D eigenvalue weighted by Crippen LogP contribution is -2.16. The summed E-state index contributed by atoms with van der Waals surface area (Å²) in [7, 11) is 0. The van der Waals surface area contributed by atoms with Crippen LogP contribution in [0, 0.1) is 0 Å². The van der Waals surface area contributed by atoms with Crippen LogP contribution in [0.25, 0.3) is 5.70 Å². The van der Waals surface area contributed by atoms with Crippen LogP contribution in [-0.4, -0.2) is 11.4 Å². The first-order valence-electron chi connectivity index (χ1n) is 5.85. The minimum Gasteiger partial charge on any atom is -0.367 e. The lowest BCUT2D eigenvalue weighted by atomic mass is 10.1. The van der Waals surface area contributed by atoms with E-state index in [1.165, 1.54) is 36.1 Å². The van der Waals surface area contributed by atoms with Crippen molar-refractivity contribution in [3.05, 3.63) is 42.0 Å². The Morgan fingerprint density at radius 1 is 1.27 bits per heavy atom. The minimum atomic E-state index is 1.05. The topological polar surface area (TPSA) is 3.24 Å². The number of rotatable bonds is 4. The first-order chi connectivity index (χ1) is 7.33. The van der Waals surface area contributed by atoms with E-state index in [0.29, 0.717) is 0 Å². The van der Waals surface area contributed by atoms with Gasteiger partial charge in [0.2, 0.25) is 0 Å². The Bertz CT molecular complexity index is 354. The molecule has 0 aliphatic carbocycles. The molecule has 0 aromatic heterocycles. The molecule has 0 saturated heterocycles. The number of benzene rings is 1. The zero-order chi connectivity index (χ0) is 10.7. The Balaban J connectivity index is 2.01. The Labute approximate surface area is 92.4 Å². The Kier molecular flexibility index (Phi) is 3.10. The van der Waals surface area contributed by atoms with Gasteiger partial charge in [-0.25, -0.2) is 0 Å². The second kappa shape index (κ2) is 4.52. The van der Waals surface area contributed by atoms with Crippen molar-refractivity contribution in [2.45, 2.75) is 32.7 Å². The molecule has 0 N–H and O–H groups in total. The largest absolute Gasteiger partial charge is 0.367 e. The molecule has 80 valence electrons. The Hall–Kier alpha value is -1.24. The third-order valence-corrected chi connectivity index (χ3v) is 3.10. The lowest BCUT2D eigenvalue weighted by molar-refractivity contribution is 0.395. The monoisotopic (exact) mass is 201 g/mol. The van der Waals surface area contributed by atoms with E-state index >= 15 is 0 Å². The molecule has 0 unspecified atom stereocenters. The molecule has 0 atom stereocenters. The smallest absolute Gasteiger partial charge is 0.0436 e. The summed E-state index contributed by atoms with van der Waals surface area (Å²) >= 11 is 0. The molecule has 2 rings (SSSR count). The average Bonchev–Trinajstić information content (AvgIpc) is 2.57. The molecule has 0 amide bonds. The summed E-state index contributed by atoms with van der Waals surface area (Å²) in [6.45, 7) is 8.63. The third-order valence-electron chi connectivity index (χ3n) is 3.10. The van der Waals surface area contributed by atoms with Crippen molar-refractivity contribution in [2.75, 3.05) is 6.54 Å². The molecule has 1 heterocycles. The van der Waals surface area contributed by atoms with E-state index in [1.54, 1.807) is 0 Å². The lowest BCUT2D eigenvalue weighted by Gasteiger charge is -2.18. The summed E-state index contributed by atoms with van der Waals surface area (Å²) in [5.41, 5.74) is 3.98. The average molecular weight is 201 g/mol. The van der Waals surface area contributed by atoms with E-state index in [1.807, 2.05) is 0 Å². The number of hydrogen-bond donors (Lipinski definition) is 0. The SMILES string of the molecule is C=C1c2ccccc2CN1CCCCC. The van der Waals surface area contributed by atoms with Crippen LogP contribution in [0.15, 0.2) is 30.8 Å². The summed E-state index contributed by atoms with van der Waals surface area (Å²) in [6, 6.07) is 8.60. The van der Waals surface area contributed by atoms with Crippen LogP contribution in [0.3, 0.4) is 0 Å². The standard InChI is InChI=1S/C14H19N/c1-3-4-7-10-15-11-13-8-5-6-9-14(13)12(15)2/h5-6,8-9H,2-4,7,10-11H2,1H3. The summed E-state index contributed by atoms with van der Waals surface area (Å²) in [5.74, 6) is 0. The molecule has 1 aliphatic heterocycles. The van der Waals surface area contributed by atoms with Crippen molar-refractivity contribution < 1.29 is 0 Å². The predicted molar refractivity (Wildman–Crippen MR) is 65.4 cm³/mol. The zero-order valence-electron chi connectivity index (χ0n) is 9.50. The molecule has 1 aliphatic rings. The van der Waals surface area contributed by atoms with Crippen molar-refractivity contribution in [3.63, 3.8) is 0 Å². The molecule has 1 aromatic rings. The van der Waals surface area contributed by atoms with Gasteiger partial charge < -0.3 is 4.90 Å². The highest BCUT2D eigenvalue weighted by molar-refractivity contribution is 5.68. The van der Waals surface area contributed by atoms with Gasteiger partial charge in [0.25, 0.3) is 0 Å². The minimum absolute atomic E-state index is 1.05. The van der Waals surface area contributed by atoms with Crippen molar-refractivity contribution >= 4 is 5.70 Å². The molecule has 0 saturated carbocycles. The van der Waals surface area contributed by atoms with E-state index in [-0.39, 0.29) is 0 Å². The number of unbranched alkanes of at least 4 members (excludes halogenated alkanes) is 2. The molecule has 15 heavy (non-hydrogen) atoms. The summed E-state index contributed by atoms with van der Waals surface area (Å²) in [5, 5.41) is 0. The van der Waals surface area contributed by atoms with Crippen molar-refractivity contribution in [1.29, 1.82) is 0 Å². The second-order valence-electron chi connectivity index (χ2n) is 4.23. The number of fused-ring (bicyclic) bond motifs is 1. The van der Waals surface area contributed by atoms with E-state index in [9.17, 15) is 0 Å². The van der Waals surface area contributed by atoms with Gasteiger partial charge in [-0.1, -0.05) is 50.6 Å². The first-order valence-corrected chi connectivity index (χ1v) is 5.85. The fourth-order valence-corrected chi connectivity index (χ4v) is 2.18. The third kappa shape index (κ3) is 2.06. The van der Waals surface area contributed by atoms with E-state index in [0.717, 1.165) is 13.1 Å². The van der Waals surface area contributed by atoms with Gasteiger partial charge in [0, 0.05) is 24.4 Å². The maximum atomic E-state index is 4.18. The van der Waals surface area contributed by atoms with Gasteiger partial charge in [0.1, 0.15) is 0 Å². The molecule has 1 nitrogen and oxygen atoms in total. The summed E-state index contributed by atoms with van der Waals surface area (Å²) in [6.07, 6.45) is 3.89. The fourth-order valence-electron chi connectivity index (χ4n) is 2.18. The highest BCUT2D eigenvalue weighted by Crippen LogP contribution is 2.31. The van der Waals surface area contributed by atoms with Crippen LogP contribution in [-0.2, 0) is 6.54 Å².